The number of rotatable bonds is 4. The van der Waals surface area contributed by atoms with Gasteiger partial charge in [0.15, 0.2) is 0 Å². The fraction of sp³-hybridized carbons (Fsp3) is 0.240. The van der Waals surface area contributed by atoms with Crippen LogP contribution in [0.2, 0.25) is 0 Å². The van der Waals surface area contributed by atoms with Gasteiger partial charge in [-0.15, -0.1) is 0 Å². The lowest BCUT2D eigenvalue weighted by molar-refractivity contribution is -0.0191. The van der Waals surface area contributed by atoms with Crippen molar-refractivity contribution < 1.29 is 9.47 Å². The highest BCUT2D eigenvalue weighted by Gasteiger charge is 2.41. The molecule has 2 unspecified atom stereocenters. The van der Waals surface area contributed by atoms with Crippen molar-refractivity contribution in [1.29, 1.82) is 0 Å². The number of fused-ring (bicyclic) bond motifs is 3. The van der Waals surface area contributed by atoms with Crippen molar-refractivity contribution >= 4 is 5.71 Å². The van der Waals surface area contributed by atoms with E-state index in [9.17, 15) is 0 Å². The minimum atomic E-state index is -0.243. The van der Waals surface area contributed by atoms with Gasteiger partial charge in [0.1, 0.15) is 11.5 Å². The van der Waals surface area contributed by atoms with Crippen LogP contribution in [0.3, 0.4) is 0 Å². The summed E-state index contributed by atoms with van der Waals surface area (Å²) in [5.41, 5.74) is 5.72. The summed E-state index contributed by atoms with van der Waals surface area (Å²) in [6.45, 7) is 4.74. The van der Waals surface area contributed by atoms with Gasteiger partial charge in [0.25, 0.3) is 0 Å². The molecule has 2 heterocycles. The lowest BCUT2D eigenvalue weighted by Crippen LogP contribution is -2.33. The predicted molar refractivity (Wildman–Crippen MR) is 114 cm³/mol. The Hall–Kier alpha value is -3.27. The maximum atomic E-state index is 6.45. The average molecular weight is 384 g/mol. The minimum absolute atomic E-state index is 0.126. The first-order valence-electron chi connectivity index (χ1n) is 10.1. The smallest absolute Gasteiger partial charge is 0.213 e. The maximum absolute atomic E-state index is 6.45. The molecule has 0 spiro atoms. The van der Waals surface area contributed by atoms with Crippen LogP contribution in [0, 0.1) is 6.92 Å². The molecule has 0 fully saturated rings. The molecule has 0 saturated carbocycles. The highest BCUT2D eigenvalue weighted by atomic mass is 16.5. The molecule has 0 N–H and O–H groups in total. The van der Waals surface area contributed by atoms with Gasteiger partial charge in [-0.3, -0.25) is 0 Å². The van der Waals surface area contributed by atoms with Gasteiger partial charge < -0.3 is 9.47 Å². The molecule has 0 radical (unpaired) electrons. The second-order valence-electron chi connectivity index (χ2n) is 7.53. The van der Waals surface area contributed by atoms with Gasteiger partial charge in [-0.25, -0.2) is 5.01 Å². The van der Waals surface area contributed by atoms with Gasteiger partial charge in [0, 0.05) is 17.5 Å². The molecule has 0 aromatic heterocycles. The van der Waals surface area contributed by atoms with E-state index >= 15 is 0 Å². The second-order valence-corrected chi connectivity index (χ2v) is 7.53. The molecule has 146 valence electrons. The molecule has 3 aromatic carbocycles. The van der Waals surface area contributed by atoms with Crippen LogP contribution < -0.4 is 9.47 Å². The Morgan fingerprint density at radius 1 is 1.03 bits per heavy atom. The molecule has 2 aliphatic rings. The third kappa shape index (κ3) is 3.25. The zero-order chi connectivity index (χ0) is 19.8. The zero-order valence-corrected chi connectivity index (χ0v) is 16.7. The van der Waals surface area contributed by atoms with E-state index in [1.807, 2.05) is 25.1 Å². The van der Waals surface area contributed by atoms with Crippen LogP contribution in [-0.2, 0) is 0 Å². The van der Waals surface area contributed by atoms with Crippen molar-refractivity contribution in [1.82, 2.24) is 5.01 Å². The summed E-state index contributed by atoms with van der Waals surface area (Å²) in [6.07, 6.45) is 0.602. The monoisotopic (exact) mass is 384 g/mol. The summed E-state index contributed by atoms with van der Waals surface area (Å²) in [4.78, 5) is 0. The Morgan fingerprint density at radius 3 is 2.59 bits per heavy atom. The molecule has 4 heteroatoms. The van der Waals surface area contributed by atoms with E-state index in [1.165, 1.54) is 5.56 Å². The van der Waals surface area contributed by atoms with Gasteiger partial charge in [0.05, 0.1) is 18.4 Å². The van der Waals surface area contributed by atoms with Crippen molar-refractivity contribution in [2.45, 2.75) is 32.5 Å². The average Bonchev–Trinajstić information content (AvgIpc) is 3.21. The van der Waals surface area contributed by atoms with Crippen LogP contribution in [0.5, 0.6) is 11.5 Å². The molecule has 0 aliphatic carbocycles. The summed E-state index contributed by atoms with van der Waals surface area (Å²) in [6, 6.07) is 25.1. The van der Waals surface area contributed by atoms with Gasteiger partial charge in [-0.05, 0) is 37.6 Å². The van der Waals surface area contributed by atoms with E-state index in [-0.39, 0.29) is 12.3 Å². The Morgan fingerprint density at radius 2 is 1.83 bits per heavy atom. The van der Waals surface area contributed by atoms with Crippen LogP contribution in [0.25, 0.3) is 0 Å². The third-order valence-corrected chi connectivity index (χ3v) is 5.54. The Bertz CT molecular complexity index is 1040. The fourth-order valence-corrected chi connectivity index (χ4v) is 4.08. The molecule has 3 aromatic rings. The lowest BCUT2D eigenvalue weighted by atomic mass is 9.95. The third-order valence-electron chi connectivity index (χ3n) is 5.54. The first-order chi connectivity index (χ1) is 14.2. The first-order valence-corrected chi connectivity index (χ1v) is 10.1. The number of ether oxygens (including phenoxy) is 2. The number of nitrogens with zero attached hydrogens (tertiary/aromatic N) is 2. The molecule has 0 amide bonds. The quantitative estimate of drug-likeness (QED) is 0.584. The van der Waals surface area contributed by atoms with Crippen molar-refractivity contribution in [3.63, 3.8) is 0 Å². The SMILES string of the molecule is CCOc1ccc2c(c1)C1CC(c3ccccc3)=NN1C(c1ccc(C)cc1)O2. The molecule has 0 bridgehead atoms. The Kier molecular flexibility index (Phi) is 4.47. The van der Waals surface area contributed by atoms with E-state index in [1.54, 1.807) is 0 Å². The van der Waals surface area contributed by atoms with Crippen molar-refractivity contribution in [2.75, 3.05) is 6.61 Å². The van der Waals surface area contributed by atoms with Gasteiger partial charge >= 0.3 is 0 Å². The number of hydrogen-bond donors (Lipinski definition) is 0. The molecule has 0 saturated heterocycles. The first kappa shape index (κ1) is 17.8. The minimum Gasteiger partial charge on any atom is -0.494 e. The molecule has 29 heavy (non-hydrogen) atoms. The normalized spacial score (nSPS) is 19.8. The van der Waals surface area contributed by atoms with E-state index in [0.29, 0.717) is 6.61 Å². The Balaban J connectivity index is 1.58. The summed E-state index contributed by atoms with van der Waals surface area (Å²) in [5.74, 6) is 1.78. The largest absolute Gasteiger partial charge is 0.494 e. The van der Waals surface area contributed by atoms with Crippen molar-refractivity contribution in [3.05, 3.63) is 95.1 Å². The number of benzene rings is 3. The van der Waals surface area contributed by atoms with Gasteiger partial charge in [0.2, 0.25) is 6.23 Å². The summed E-state index contributed by atoms with van der Waals surface area (Å²) >= 11 is 0. The molecule has 2 aliphatic heterocycles. The van der Waals surface area contributed by atoms with Gasteiger partial charge in [-0.1, -0.05) is 60.2 Å². The van der Waals surface area contributed by atoms with Crippen molar-refractivity contribution in [2.24, 2.45) is 5.10 Å². The molecular weight excluding hydrogens is 360 g/mol. The van der Waals surface area contributed by atoms with Gasteiger partial charge in [-0.2, -0.15) is 5.10 Å². The second kappa shape index (κ2) is 7.28. The highest BCUT2D eigenvalue weighted by Crippen LogP contribution is 2.48. The standard InChI is InChI=1S/C25H24N2O2/c1-3-28-20-13-14-24-21(15-20)23-16-22(18-7-5-4-6-8-18)26-27(23)25(29-24)19-11-9-17(2)10-12-19/h4-15,23,25H,3,16H2,1-2H3. The number of aryl methyl sites for hydroxylation is 1. The van der Waals surface area contributed by atoms with E-state index < -0.39 is 0 Å². The van der Waals surface area contributed by atoms with Crippen LogP contribution >= 0.6 is 0 Å². The number of hydrazone groups is 1. The molecule has 2 atom stereocenters. The van der Waals surface area contributed by atoms with E-state index in [2.05, 4.69) is 66.5 Å². The predicted octanol–water partition coefficient (Wildman–Crippen LogP) is 5.64. The zero-order valence-electron chi connectivity index (χ0n) is 16.7. The molecule has 5 rings (SSSR count). The summed E-state index contributed by atoms with van der Waals surface area (Å²) < 4.78 is 12.2. The highest BCUT2D eigenvalue weighted by molar-refractivity contribution is 6.01. The maximum Gasteiger partial charge on any atom is 0.213 e. The van der Waals surface area contributed by atoms with E-state index in [4.69, 9.17) is 14.6 Å². The number of hydrogen-bond acceptors (Lipinski definition) is 4. The van der Waals surface area contributed by atoms with Crippen molar-refractivity contribution in [3.8, 4) is 11.5 Å². The lowest BCUT2D eigenvalue weighted by Gasteiger charge is -2.38. The Labute approximate surface area is 171 Å². The summed E-state index contributed by atoms with van der Waals surface area (Å²) in [5, 5.41) is 7.14. The molecular formula is C25H24N2O2. The fourth-order valence-electron chi connectivity index (χ4n) is 4.08. The van der Waals surface area contributed by atoms with Crippen LogP contribution in [0.4, 0.5) is 0 Å². The molecule has 4 nitrogen and oxygen atoms in total. The van der Waals surface area contributed by atoms with Crippen LogP contribution in [0.1, 0.15) is 47.9 Å². The summed E-state index contributed by atoms with van der Waals surface area (Å²) in [7, 11) is 0. The van der Waals surface area contributed by atoms with E-state index in [0.717, 1.165) is 40.3 Å². The van der Waals surface area contributed by atoms with Crippen LogP contribution in [-0.4, -0.2) is 17.3 Å². The van der Waals surface area contributed by atoms with Crippen LogP contribution in [0.15, 0.2) is 77.9 Å². The topological polar surface area (TPSA) is 34.1 Å².